The van der Waals surface area contributed by atoms with E-state index < -0.39 is 0 Å². The first-order chi connectivity index (χ1) is 8.83. The lowest BCUT2D eigenvalue weighted by Crippen LogP contribution is -2.32. The lowest BCUT2D eigenvalue weighted by molar-refractivity contribution is 0.0953. The van der Waals surface area contributed by atoms with Gasteiger partial charge in [-0.15, -0.1) is 11.3 Å². The molecule has 1 aromatic rings. The Hall–Kier alpha value is -0.870. The maximum atomic E-state index is 12.1. The number of carbonyl (C=O) groups excluding carboxylic acids is 1. The maximum absolute atomic E-state index is 12.1. The third kappa shape index (κ3) is 3.33. The molecule has 0 spiro atoms. The molecule has 1 amide bonds. The van der Waals surface area contributed by atoms with E-state index in [0.29, 0.717) is 6.54 Å². The van der Waals surface area contributed by atoms with Crippen LogP contribution in [0.3, 0.4) is 0 Å². The highest BCUT2D eigenvalue weighted by Gasteiger charge is 2.19. The molecule has 0 atom stereocenters. The molecule has 1 heterocycles. The standard InChI is InChI=1S/C14H22N2OS/c1-2-7-15-8-9-16-14(17)12-10-18-13-6-4-3-5-11(12)13/h10,15H,2-9H2,1H3,(H,16,17). The van der Waals surface area contributed by atoms with Crippen molar-refractivity contribution >= 4 is 17.2 Å². The topological polar surface area (TPSA) is 41.1 Å². The average Bonchev–Trinajstić information content (AvgIpc) is 2.82. The van der Waals surface area contributed by atoms with Crippen LogP contribution in [0.2, 0.25) is 0 Å². The van der Waals surface area contributed by atoms with Crippen molar-refractivity contribution in [3.05, 3.63) is 21.4 Å². The van der Waals surface area contributed by atoms with Gasteiger partial charge in [-0.2, -0.15) is 0 Å². The second-order valence-electron chi connectivity index (χ2n) is 4.76. The van der Waals surface area contributed by atoms with Crippen molar-refractivity contribution in [2.75, 3.05) is 19.6 Å². The Labute approximate surface area is 113 Å². The van der Waals surface area contributed by atoms with E-state index in [1.807, 2.05) is 5.38 Å². The summed E-state index contributed by atoms with van der Waals surface area (Å²) in [6.07, 6.45) is 5.87. The predicted octanol–water partition coefficient (Wildman–Crippen LogP) is 2.36. The molecule has 0 bridgehead atoms. The first-order valence-corrected chi connectivity index (χ1v) is 7.79. The zero-order valence-electron chi connectivity index (χ0n) is 11.1. The number of rotatable bonds is 6. The highest BCUT2D eigenvalue weighted by atomic mass is 32.1. The smallest absolute Gasteiger partial charge is 0.252 e. The van der Waals surface area contributed by atoms with Crippen LogP contribution in [0.25, 0.3) is 0 Å². The van der Waals surface area contributed by atoms with E-state index in [9.17, 15) is 4.79 Å². The average molecular weight is 266 g/mol. The van der Waals surface area contributed by atoms with Crippen LogP contribution in [0.1, 0.15) is 47.0 Å². The fraction of sp³-hybridized carbons (Fsp3) is 0.643. The van der Waals surface area contributed by atoms with E-state index in [1.165, 1.54) is 23.3 Å². The Morgan fingerprint density at radius 2 is 2.11 bits per heavy atom. The number of amides is 1. The van der Waals surface area contributed by atoms with E-state index in [4.69, 9.17) is 0 Å². The highest BCUT2D eigenvalue weighted by Crippen LogP contribution is 2.29. The molecule has 0 aromatic carbocycles. The van der Waals surface area contributed by atoms with Crippen LogP contribution in [0.4, 0.5) is 0 Å². The van der Waals surface area contributed by atoms with Crippen molar-refractivity contribution in [1.82, 2.24) is 10.6 Å². The molecule has 100 valence electrons. The normalized spacial score (nSPS) is 14.3. The lowest BCUT2D eigenvalue weighted by Gasteiger charge is -2.12. The molecule has 1 aliphatic rings. The van der Waals surface area contributed by atoms with Gasteiger partial charge < -0.3 is 10.6 Å². The summed E-state index contributed by atoms with van der Waals surface area (Å²) in [5.74, 6) is 0.104. The number of fused-ring (bicyclic) bond motifs is 1. The monoisotopic (exact) mass is 266 g/mol. The lowest BCUT2D eigenvalue weighted by atomic mass is 9.96. The van der Waals surface area contributed by atoms with Gasteiger partial charge in [0.15, 0.2) is 0 Å². The summed E-state index contributed by atoms with van der Waals surface area (Å²) in [6.45, 7) is 4.72. The maximum Gasteiger partial charge on any atom is 0.252 e. The molecule has 0 radical (unpaired) electrons. The van der Waals surface area contributed by atoms with Crippen LogP contribution in [0.15, 0.2) is 5.38 Å². The number of hydrogen-bond donors (Lipinski definition) is 2. The van der Waals surface area contributed by atoms with Crippen LogP contribution in [-0.2, 0) is 12.8 Å². The Kier molecular flexibility index (Phi) is 5.20. The van der Waals surface area contributed by atoms with Gasteiger partial charge in [0.05, 0.1) is 5.56 Å². The van der Waals surface area contributed by atoms with Crippen LogP contribution in [0.5, 0.6) is 0 Å². The molecule has 0 saturated carbocycles. The molecule has 0 fully saturated rings. The Morgan fingerprint density at radius 1 is 1.28 bits per heavy atom. The molecule has 3 nitrogen and oxygen atoms in total. The van der Waals surface area contributed by atoms with Crippen molar-refractivity contribution in [1.29, 1.82) is 0 Å². The highest BCUT2D eigenvalue weighted by molar-refractivity contribution is 7.10. The zero-order chi connectivity index (χ0) is 12.8. The molecule has 4 heteroatoms. The van der Waals surface area contributed by atoms with Crippen molar-refractivity contribution in [3.63, 3.8) is 0 Å². The Bertz CT molecular complexity index is 400. The summed E-state index contributed by atoms with van der Waals surface area (Å²) in [5, 5.41) is 8.32. The van der Waals surface area contributed by atoms with Crippen molar-refractivity contribution in [2.45, 2.75) is 39.0 Å². The van der Waals surface area contributed by atoms with Gasteiger partial charge in [-0.25, -0.2) is 0 Å². The van der Waals surface area contributed by atoms with Gasteiger partial charge in [0.2, 0.25) is 0 Å². The molecular weight excluding hydrogens is 244 g/mol. The van der Waals surface area contributed by atoms with Crippen molar-refractivity contribution in [3.8, 4) is 0 Å². The minimum absolute atomic E-state index is 0.104. The minimum Gasteiger partial charge on any atom is -0.351 e. The molecule has 0 aliphatic heterocycles. The number of hydrogen-bond acceptors (Lipinski definition) is 3. The molecule has 1 aromatic heterocycles. The van der Waals surface area contributed by atoms with Gasteiger partial charge in [-0.3, -0.25) is 4.79 Å². The third-order valence-electron chi connectivity index (χ3n) is 3.32. The summed E-state index contributed by atoms with van der Waals surface area (Å²) in [6, 6.07) is 0. The summed E-state index contributed by atoms with van der Waals surface area (Å²) in [4.78, 5) is 13.5. The zero-order valence-corrected chi connectivity index (χ0v) is 11.9. The van der Waals surface area contributed by atoms with Gasteiger partial charge in [-0.1, -0.05) is 6.92 Å². The van der Waals surface area contributed by atoms with Gasteiger partial charge in [0.25, 0.3) is 5.91 Å². The Balaban J connectivity index is 1.83. The minimum atomic E-state index is 0.104. The molecule has 1 aliphatic carbocycles. The van der Waals surface area contributed by atoms with Crippen LogP contribution in [-0.4, -0.2) is 25.5 Å². The van der Waals surface area contributed by atoms with E-state index in [1.54, 1.807) is 11.3 Å². The largest absolute Gasteiger partial charge is 0.351 e. The molecule has 18 heavy (non-hydrogen) atoms. The van der Waals surface area contributed by atoms with Crippen LogP contribution >= 0.6 is 11.3 Å². The molecular formula is C14H22N2OS. The van der Waals surface area contributed by atoms with E-state index in [0.717, 1.165) is 37.9 Å². The van der Waals surface area contributed by atoms with Crippen LogP contribution < -0.4 is 10.6 Å². The van der Waals surface area contributed by atoms with Crippen LogP contribution in [0, 0.1) is 0 Å². The SMILES string of the molecule is CCCNCCNC(=O)c1csc2c1CCCC2. The first-order valence-electron chi connectivity index (χ1n) is 6.91. The fourth-order valence-corrected chi connectivity index (χ4v) is 3.47. The number of aryl methyl sites for hydroxylation is 1. The fourth-order valence-electron chi connectivity index (χ4n) is 2.35. The quantitative estimate of drug-likeness (QED) is 0.776. The van der Waals surface area contributed by atoms with Crippen molar-refractivity contribution in [2.24, 2.45) is 0 Å². The second-order valence-corrected chi connectivity index (χ2v) is 5.73. The molecule has 2 rings (SSSR count). The van der Waals surface area contributed by atoms with Gasteiger partial charge in [0, 0.05) is 23.3 Å². The Morgan fingerprint density at radius 3 is 2.94 bits per heavy atom. The first kappa shape index (κ1) is 13.6. The van der Waals surface area contributed by atoms with E-state index in [-0.39, 0.29) is 5.91 Å². The van der Waals surface area contributed by atoms with Crippen molar-refractivity contribution < 1.29 is 4.79 Å². The second kappa shape index (κ2) is 6.90. The number of thiophene rings is 1. The summed E-state index contributed by atoms with van der Waals surface area (Å²) in [5.41, 5.74) is 2.23. The summed E-state index contributed by atoms with van der Waals surface area (Å²) >= 11 is 1.75. The van der Waals surface area contributed by atoms with E-state index >= 15 is 0 Å². The predicted molar refractivity (Wildman–Crippen MR) is 76.5 cm³/mol. The van der Waals surface area contributed by atoms with Gasteiger partial charge in [0.1, 0.15) is 0 Å². The molecule has 0 saturated heterocycles. The summed E-state index contributed by atoms with van der Waals surface area (Å²) < 4.78 is 0. The van der Waals surface area contributed by atoms with Gasteiger partial charge >= 0.3 is 0 Å². The van der Waals surface area contributed by atoms with Gasteiger partial charge in [-0.05, 0) is 44.2 Å². The number of carbonyl (C=O) groups is 1. The van der Waals surface area contributed by atoms with E-state index in [2.05, 4.69) is 17.6 Å². The molecule has 0 unspecified atom stereocenters. The molecule has 2 N–H and O–H groups in total. The third-order valence-corrected chi connectivity index (χ3v) is 4.41. The summed E-state index contributed by atoms with van der Waals surface area (Å²) in [7, 11) is 0. The number of nitrogens with one attached hydrogen (secondary N) is 2.